The summed E-state index contributed by atoms with van der Waals surface area (Å²) in [5, 5.41) is 40.2. The molecule has 3 amide bonds. The number of para-hydroxylation sites is 4. The van der Waals surface area contributed by atoms with Gasteiger partial charge in [0.15, 0.2) is 11.4 Å². The smallest absolute Gasteiger partial charge is 0.693 e. The van der Waals surface area contributed by atoms with Gasteiger partial charge in [0.1, 0.15) is 13.1 Å². The second-order valence-electron chi connectivity index (χ2n) is 35.5. The molecule has 2 aliphatic carbocycles. The monoisotopic (exact) mass is 2500 g/mol. The summed E-state index contributed by atoms with van der Waals surface area (Å²) < 4.78 is 38.7. The van der Waals surface area contributed by atoms with E-state index in [1.165, 1.54) is 67.6 Å². The number of nitrogens with one attached hydrogen (secondary N) is 3. The molecule has 0 radical (unpaired) electrons. The van der Waals surface area contributed by atoms with Gasteiger partial charge in [0.2, 0.25) is 29.1 Å². The third kappa shape index (κ3) is 35.9. The van der Waals surface area contributed by atoms with Crippen molar-refractivity contribution in [2.75, 3.05) is 102 Å². The molecule has 23 nitrogen and oxygen atoms in total. The Balaban J connectivity index is 0.00000241. The van der Waals surface area contributed by atoms with Crippen molar-refractivity contribution in [2.45, 2.75) is 245 Å². The summed E-state index contributed by atoms with van der Waals surface area (Å²) in [6, 6.07) is 34.4. The number of nitrogens with two attached hydrogens (primary N) is 4. The molecule has 0 aromatic heterocycles. The SMILES string of the molecule is CCC(=[N-])N(C)CCNC(=O)CCCCCN1/C(=C/C=C2\CCCC(/C=C/C3=[N+](CCCCCC(=O)NCCN(C)C(=[N-])CC)c4ccccc4C3(C)C)=C2Cl)C(C)(C)c2ccccc21.CCC(=[N-])N(C)CCNC(=O)CCCCC[N+]1=C(C=CC2=C(Cl)C(=CC=C3N(CCCCS(=O)(=O)[O-])c4ccccc4C3(C)C)CCC2)C(C)(C)c2ccccc21.[CH3-].[CH3-].[Cl][Pt].[Cl][Pt].[Cl][Pt].[NH2-].[NH2-].[NH2-].[NH2-]. The molecule has 4 aliphatic heterocycles. The second-order valence-corrected chi connectivity index (χ2v) is 37.8. The van der Waals surface area contributed by atoms with Crippen molar-refractivity contribution >= 4 is 131 Å². The normalized spacial score (nSPS) is 16.7. The molecule has 0 saturated carbocycles. The van der Waals surface area contributed by atoms with Crippen molar-refractivity contribution in [1.29, 1.82) is 0 Å². The number of carbonyl (C=O) groups excluding carboxylic acids is 3. The van der Waals surface area contributed by atoms with Crippen molar-refractivity contribution in [1.82, 2.24) is 30.7 Å². The van der Waals surface area contributed by atoms with E-state index in [-0.39, 0.29) is 84.6 Å². The average molecular weight is 2510 g/mol. The Morgan fingerprint density at radius 3 is 1.07 bits per heavy atom. The zero-order valence-electron chi connectivity index (χ0n) is 81.9. The van der Waals surface area contributed by atoms with Gasteiger partial charge in [0, 0.05) is 150 Å². The van der Waals surface area contributed by atoms with E-state index in [0.29, 0.717) is 115 Å². The zero-order chi connectivity index (χ0) is 94.5. The number of benzene rings is 4. The van der Waals surface area contributed by atoms with Gasteiger partial charge in [-0.05, 0) is 214 Å². The van der Waals surface area contributed by atoms with Crippen LogP contribution in [0.3, 0.4) is 0 Å². The molecule has 759 valence electrons. The number of amidine groups is 3. The maximum absolute atomic E-state index is 12.5. The molecule has 11 N–H and O–H groups in total. The van der Waals surface area contributed by atoms with Crippen LogP contribution in [0.4, 0.5) is 22.7 Å². The molecule has 32 heteroatoms. The Hall–Kier alpha value is -6.18. The van der Waals surface area contributed by atoms with Gasteiger partial charge in [-0.3, -0.25) is 14.4 Å². The number of allylic oxidation sites excluding steroid dienone is 16. The number of nitrogens with zero attached hydrogens (tertiary/aromatic N) is 10. The van der Waals surface area contributed by atoms with E-state index < -0.39 is 10.1 Å². The van der Waals surface area contributed by atoms with Crippen LogP contribution in [-0.2, 0) is 102 Å². The molecule has 0 unspecified atom stereocenters. The number of carbonyl (C=O) groups is 3. The first-order valence-corrected chi connectivity index (χ1v) is 56.0. The van der Waals surface area contributed by atoms with Crippen LogP contribution in [0.15, 0.2) is 189 Å². The second kappa shape index (κ2) is 63.5. The van der Waals surface area contributed by atoms with Crippen LogP contribution < -0.4 is 25.8 Å². The number of unbranched alkanes of at least 4 members (excludes halogenated alkanes) is 7. The molecule has 10 rings (SSSR count). The molecule has 0 spiro atoms. The minimum absolute atomic E-state index is 0. The van der Waals surface area contributed by atoms with E-state index in [2.05, 4.69) is 258 Å². The number of anilines is 2. The van der Waals surface area contributed by atoms with Crippen LogP contribution in [-0.4, -0.2) is 176 Å². The van der Waals surface area contributed by atoms with Crippen molar-refractivity contribution < 1.29 is 92.8 Å². The van der Waals surface area contributed by atoms with Crippen LogP contribution >= 0.6 is 51.5 Å². The van der Waals surface area contributed by atoms with Crippen LogP contribution in [0.25, 0.3) is 40.8 Å². The Labute approximate surface area is 861 Å². The van der Waals surface area contributed by atoms with E-state index in [1.807, 2.05) is 48.0 Å². The predicted octanol–water partition coefficient (Wildman–Crippen LogP) is 25.9. The quantitative estimate of drug-likeness (QED) is 0.00936. The van der Waals surface area contributed by atoms with Gasteiger partial charge in [-0.15, -0.1) is 0 Å². The predicted molar refractivity (Wildman–Crippen MR) is 560 cm³/mol. The molecule has 4 aromatic rings. The van der Waals surface area contributed by atoms with Gasteiger partial charge in [-0.25, -0.2) is 8.42 Å². The number of hydrogen-bond donors (Lipinski definition) is 3. The molecular weight excluding hydrogens is 2350 g/mol. The van der Waals surface area contributed by atoms with E-state index in [4.69, 9.17) is 23.2 Å². The van der Waals surface area contributed by atoms with Gasteiger partial charge < -0.3 is 101 Å². The molecular formula is C102H151Cl5N17O6Pt3S-8. The summed E-state index contributed by atoms with van der Waals surface area (Å²) in [4.78, 5) is 47.6. The van der Waals surface area contributed by atoms with E-state index in [1.54, 1.807) is 71.0 Å². The molecule has 0 atom stereocenters. The fraction of sp³-hybridized carbons (Fsp3) is 0.510. The van der Waals surface area contributed by atoms with Gasteiger partial charge in [-0.2, -0.15) is 9.15 Å². The molecule has 134 heavy (non-hydrogen) atoms. The van der Waals surface area contributed by atoms with Crippen LogP contribution in [0, 0.1) is 14.9 Å². The van der Waals surface area contributed by atoms with Crippen LogP contribution in [0.5, 0.6) is 0 Å². The number of likely N-dealkylation sites (N-methyl/N-ethyl adjacent to an activating group) is 3. The van der Waals surface area contributed by atoms with Crippen LogP contribution in [0.1, 0.15) is 246 Å². The van der Waals surface area contributed by atoms with Crippen molar-refractivity contribution in [3.05, 3.63) is 267 Å². The van der Waals surface area contributed by atoms with Gasteiger partial charge >= 0.3 is 84.6 Å². The fourth-order valence-corrected chi connectivity index (χ4v) is 19.1. The Kier molecular flexibility index (Phi) is 60.6. The summed E-state index contributed by atoms with van der Waals surface area (Å²) in [5.74, 6) is 0.804. The van der Waals surface area contributed by atoms with E-state index in [9.17, 15) is 43.6 Å². The summed E-state index contributed by atoms with van der Waals surface area (Å²) in [6.45, 7) is 30.5. The summed E-state index contributed by atoms with van der Waals surface area (Å²) >= 11 is 19.4. The van der Waals surface area contributed by atoms with E-state index in [0.717, 1.165) is 149 Å². The molecule has 0 bridgehead atoms. The molecule has 6 aliphatic rings. The number of hydrogen-bond acceptors (Lipinski definition) is 8. The number of amides is 3. The third-order valence-electron chi connectivity index (χ3n) is 25.3. The first-order valence-electron chi connectivity index (χ1n) is 45.2. The van der Waals surface area contributed by atoms with Gasteiger partial charge in [-0.1, -0.05) is 214 Å². The summed E-state index contributed by atoms with van der Waals surface area (Å²) in [6.07, 6.45) is 36.0. The van der Waals surface area contributed by atoms with Crippen molar-refractivity contribution in [3.63, 3.8) is 0 Å². The topological polar surface area (TPSA) is 368 Å². The largest absolute Gasteiger partial charge is 0.693 e. The standard InChI is InChI=1S/C54H76ClN8O2.C46H62ClN5O4S.2CH3.3ClH.4H2N.3Pt/c1-9-48(56)60(7)38-34-58-50(64)28-13-11-19-36-62-44-26-17-15-24-42(44)53(3,4)46(62)32-30-40-22-21-23-41(52(40)55)31-33-47-54(5,6)43-25-16-18-27-45(43)63(47)37-20-12-14-29-51(65)59-35-39-61(8)49(57)10-2;1-7-42(48)50(6)32-29-49-43(53)24-9-8-14-30-51-38-22-12-10-20-36(38)45(2,3)40(51)27-25-34-18-17-19-35(44(34)47)26-28-41-46(4,5)37-21-11-13-23-39(37)52(41)31-15-16-33-57(54,55)56;;;;;;;;;;;;/h15-18,24-27,30-33H,9-14,19-23,28-29,34-39H2,1-8H3,(H,58,64)(H,59,65);10-13,20-23,25-28H,7-9,14-19,24,29-33H2,1-6H3,(H,49,53)(H,54,55,56);2*1H3;3*1H;4*1H2;;;/q-1;;2*-1;;;;4*-1;3*+1/p-4. The maximum Gasteiger partial charge on any atom is -0.693 e. The van der Waals surface area contributed by atoms with Crippen molar-refractivity contribution in [2.24, 2.45) is 0 Å². The summed E-state index contributed by atoms with van der Waals surface area (Å²) in [5.41, 5.74) is 18.6. The average Bonchev–Trinajstić information content (AvgIpc) is 1.61. The Bertz CT molecular complexity index is 4910. The Morgan fingerprint density at radius 2 is 0.746 bits per heavy atom. The van der Waals surface area contributed by atoms with Crippen LogP contribution in [0.2, 0.25) is 0 Å². The molecule has 4 aromatic carbocycles. The van der Waals surface area contributed by atoms with Gasteiger partial charge in [0.05, 0.1) is 20.9 Å². The first kappa shape index (κ1) is 128. The maximum atomic E-state index is 12.5. The molecule has 4 heterocycles. The first-order chi connectivity index (χ1) is 61.2. The molecule has 0 saturated heterocycles. The number of fused-ring (bicyclic) bond motifs is 4. The fourth-order valence-electron chi connectivity index (χ4n) is 18.0. The Morgan fingerprint density at radius 1 is 0.440 bits per heavy atom. The summed E-state index contributed by atoms with van der Waals surface area (Å²) in [7, 11) is 15.1. The minimum atomic E-state index is -4.24. The van der Waals surface area contributed by atoms with E-state index >= 15 is 0 Å². The molecule has 0 fully saturated rings. The number of halogens is 5. The minimum Gasteiger partial charge on any atom is -0.693 e. The van der Waals surface area contributed by atoms with Gasteiger partial charge in [0.25, 0.3) is 0 Å². The third-order valence-corrected chi connectivity index (χ3v) is 27.1. The van der Waals surface area contributed by atoms with Crippen molar-refractivity contribution in [3.8, 4) is 0 Å². The zero-order valence-corrected chi connectivity index (χ0v) is 93.3. The number of rotatable bonds is 41.